The number of ether oxygens (including phenoxy) is 1. The second-order valence-electron chi connectivity index (χ2n) is 5.77. The van der Waals surface area contributed by atoms with E-state index in [2.05, 4.69) is 33.1 Å². The minimum Gasteiger partial charge on any atom is -0.473 e. The van der Waals surface area contributed by atoms with E-state index >= 15 is 0 Å². The third-order valence-corrected chi connectivity index (χ3v) is 5.11. The van der Waals surface area contributed by atoms with Gasteiger partial charge in [-0.1, -0.05) is 23.5 Å². The summed E-state index contributed by atoms with van der Waals surface area (Å²) in [5, 5.41) is 1.11. The Labute approximate surface area is 139 Å². The Kier molecular flexibility index (Phi) is 3.83. The summed E-state index contributed by atoms with van der Waals surface area (Å²) in [6.45, 7) is 3.85. The lowest BCUT2D eigenvalue weighted by Gasteiger charge is -2.31. The SMILES string of the molecule is Cc1cncc(OC2CCN(c3nc4ccccc4s3)CC2)n1. The van der Waals surface area contributed by atoms with Gasteiger partial charge in [0.1, 0.15) is 6.10 Å². The zero-order valence-electron chi connectivity index (χ0n) is 13.0. The summed E-state index contributed by atoms with van der Waals surface area (Å²) in [6.07, 6.45) is 5.59. The number of hydrogen-bond acceptors (Lipinski definition) is 6. The van der Waals surface area contributed by atoms with Crippen LogP contribution < -0.4 is 9.64 Å². The summed E-state index contributed by atoms with van der Waals surface area (Å²) >= 11 is 1.76. The van der Waals surface area contributed by atoms with Crippen molar-refractivity contribution in [2.24, 2.45) is 0 Å². The zero-order valence-corrected chi connectivity index (χ0v) is 13.8. The Hall–Kier alpha value is -2.21. The number of fused-ring (bicyclic) bond motifs is 1. The normalized spacial score (nSPS) is 16.0. The molecule has 0 bridgehead atoms. The lowest BCUT2D eigenvalue weighted by molar-refractivity contribution is 0.163. The van der Waals surface area contributed by atoms with Gasteiger partial charge in [-0.3, -0.25) is 4.98 Å². The van der Waals surface area contributed by atoms with Crippen molar-refractivity contribution in [2.45, 2.75) is 25.9 Å². The van der Waals surface area contributed by atoms with Crippen LogP contribution >= 0.6 is 11.3 Å². The highest BCUT2D eigenvalue weighted by Gasteiger charge is 2.23. The van der Waals surface area contributed by atoms with Gasteiger partial charge in [0.2, 0.25) is 5.88 Å². The molecule has 0 N–H and O–H groups in total. The molecule has 1 aliphatic heterocycles. The molecule has 6 heteroatoms. The number of anilines is 1. The van der Waals surface area contributed by atoms with Gasteiger partial charge in [0, 0.05) is 32.1 Å². The van der Waals surface area contributed by atoms with Crippen LogP contribution in [-0.2, 0) is 0 Å². The van der Waals surface area contributed by atoms with Crippen molar-refractivity contribution in [1.82, 2.24) is 15.0 Å². The molecule has 1 aliphatic rings. The molecule has 1 saturated heterocycles. The molecule has 23 heavy (non-hydrogen) atoms. The summed E-state index contributed by atoms with van der Waals surface area (Å²) < 4.78 is 7.21. The highest BCUT2D eigenvalue weighted by atomic mass is 32.1. The fourth-order valence-corrected chi connectivity index (χ4v) is 3.85. The Morgan fingerprint density at radius 2 is 1.96 bits per heavy atom. The Morgan fingerprint density at radius 3 is 2.74 bits per heavy atom. The van der Waals surface area contributed by atoms with Crippen LogP contribution in [0.5, 0.6) is 5.88 Å². The van der Waals surface area contributed by atoms with E-state index in [9.17, 15) is 0 Å². The van der Waals surface area contributed by atoms with Crippen molar-refractivity contribution in [3.63, 3.8) is 0 Å². The lowest BCUT2D eigenvalue weighted by Crippen LogP contribution is -2.38. The maximum absolute atomic E-state index is 5.96. The first-order chi connectivity index (χ1) is 11.3. The third-order valence-electron chi connectivity index (χ3n) is 4.02. The van der Waals surface area contributed by atoms with Crippen LogP contribution in [0.25, 0.3) is 10.2 Å². The molecule has 0 atom stereocenters. The van der Waals surface area contributed by atoms with Crippen LogP contribution in [0.15, 0.2) is 36.7 Å². The molecular formula is C17H18N4OS. The largest absolute Gasteiger partial charge is 0.473 e. The van der Waals surface area contributed by atoms with Gasteiger partial charge in [-0.25, -0.2) is 9.97 Å². The Morgan fingerprint density at radius 1 is 1.13 bits per heavy atom. The molecule has 3 heterocycles. The first kappa shape index (κ1) is 14.4. The van der Waals surface area contributed by atoms with Crippen molar-refractivity contribution in [2.75, 3.05) is 18.0 Å². The average molecular weight is 326 g/mol. The fraction of sp³-hybridized carbons (Fsp3) is 0.353. The molecule has 1 aromatic carbocycles. The Balaban J connectivity index is 1.40. The number of aryl methyl sites for hydroxylation is 1. The molecule has 4 rings (SSSR count). The van der Waals surface area contributed by atoms with Gasteiger partial charge in [0.15, 0.2) is 5.13 Å². The van der Waals surface area contributed by atoms with E-state index in [1.807, 2.05) is 13.0 Å². The molecule has 0 unspecified atom stereocenters. The van der Waals surface area contributed by atoms with Gasteiger partial charge >= 0.3 is 0 Å². The van der Waals surface area contributed by atoms with Crippen molar-refractivity contribution < 1.29 is 4.74 Å². The highest BCUT2D eigenvalue weighted by molar-refractivity contribution is 7.22. The van der Waals surface area contributed by atoms with Gasteiger partial charge < -0.3 is 9.64 Å². The van der Waals surface area contributed by atoms with Gasteiger partial charge in [-0.05, 0) is 19.1 Å². The number of rotatable bonds is 3. The molecule has 0 radical (unpaired) electrons. The molecule has 0 saturated carbocycles. The molecular weight excluding hydrogens is 308 g/mol. The van der Waals surface area contributed by atoms with Crippen molar-refractivity contribution in [3.8, 4) is 5.88 Å². The van der Waals surface area contributed by atoms with E-state index in [0.717, 1.165) is 42.3 Å². The summed E-state index contributed by atoms with van der Waals surface area (Å²) in [5.41, 5.74) is 1.97. The van der Waals surface area contributed by atoms with Gasteiger partial charge in [-0.2, -0.15) is 0 Å². The van der Waals surface area contributed by atoms with Crippen LogP contribution in [0.4, 0.5) is 5.13 Å². The second-order valence-corrected chi connectivity index (χ2v) is 6.78. The number of para-hydroxylation sites is 1. The maximum Gasteiger partial charge on any atom is 0.232 e. The second kappa shape index (κ2) is 6.12. The number of piperidine rings is 1. The minimum absolute atomic E-state index is 0.205. The first-order valence-electron chi connectivity index (χ1n) is 7.84. The minimum atomic E-state index is 0.205. The summed E-state index contributed by atoms with van der Waals surface area (Å²) in [4.78, 5) is 15.6. The average Bonchev–Trinajstić information content (AvgIpc) is 2.99. The Bertz CT molecular complexity index is 778. The highest BCUT2D eigenvalue weighted by Crippen LogP contribution is 2.30. The van der Waals surface area contributed by atoms with E-state index in [4.69, 9.17) is 9.72 Å². The van der Waals surface area contributed by atoms with Gasteiger partial charge in [0.25, 0.3) is 0 Å². The quantitative estimate of drug-likeness (QED) is 0.738. The van der Waals surface area contributed by atoms with Crippen LogP contribution in [0, 0.1) is 6.92 Å². The molecule has 118 valence electrons. The van der Waals surface area contributed by atoms with E-state index in [1.165, 1.54) is 4.70 Å². The molecule has 1 fully saturated rings. The van der Waals surface area contributed by atoms with E-state index in [-0.39, 0.29) is 6.10 Å². The summed E-state index contributed by atoms with van der Waals surface area (Å²) in [7, 11) is 0. The van der Waals surface area contributed by atoms with Crippen molar-refractivity contribution in [1.29, 1.82) is 0 Å². The molecule has 2 aromatic heterocycles. The van der Waals surface area contributed by atoms with Crippen LogP contribution in [0.2, 0.25) is 0 Å². The lowest BCUT2D eigenvalue weighted by atomic mass is 10.1. The van der Waals surface area contributed by atoms with E-state index in [0.29, 0.717) is 5.88 Å². The topological polar surface area (TPSA) is 51.1 Å². The first-order valence-corrected chi connectivity index (χ1v) is 8.65. The predicted octanol–water partition coefficient (Wildman–Crippen LogP) is 3.44. The smallest absolute Gasteiger partial charge is 0.232 e. The number of benzene rings is 1. The van der Waals surface area contributed by atoms with Crippen LogP contribution in [-0.4, -0.2) is 34.1 Å². The van der Waals surface area contributed by atoms with Gasteiger partial charge in [-0.15, -0.1) is 0 Å². The van der Waals surface area contributed by atoms with Crippen LogP contribution in [0.3, 0.4) is 0 Å². The van der Waals surface area contributed by atoms with E-state index < -0.39 is 0 Å². The summed E-state index contributed by atoms with van der Waals surface area (Å²) in [6, 6.07) is 8.30. The molecule has 0 aliphatic carbocycles. The van der Waals surface area contributed by atoms with Crippen molar-refractivity contribution >= 4 is 26.7 Å². The molecule has 0 spiro atoms. The standard InChI is InChI=1S/C17H18N4OS/c1-12-10-18-11-16(19-12)22-13-6-8-21(9-7-13)17-20-14-4-2-3-5-15(14)23-17/h2-5,10-11,13H,6-9H2,1H3. The molecule has 5 nitrogen and oxygen atoms in total. The number of nitrogens with zero attached hydrogens (tertiary/aromatic N) is 4. The summed E-state index contributed by atoms with van der Waals surface area (Å²) in [5.74, 6) is 0.628. The number of aromatic nitrogens is 3. The zero-order chi connectivity index (χ0) is 15.6. The number of thiazole rings is 1. The number of hydrogen-bond donors (Lipinski definition) is 0. The van der Waals surface area contributed by atoms with Crippen LogP contribution in [0.1, 0.15) is 18.5 Å². The van der Waals surface area contributed by atoms with E-state index in [1.54, 1.807) is 23.7 Å². The third kappa shape index (κ3) is 3.12. The maximum atomic E-state index is 5.96. The predicted molar refractivity (Wildman–Crippen MR) is 92.3 cm³/mol. The van der Waals surface area contributed by atoms with Crippen molar-refractivity contribution in [3.05, 3.63) is 42.4 Å². The van der Waals surface area contributed by atoms with Gasteiger partial charge in [0.05, 0.1) is 22.1 Å². The molecule has 3 aromatic rings. The monoisotopic (exact) mass is 326 g/mol. The molecule has 0 amide bonds. The fourth-order valence-electron chi connectivity index (χ4n) is 2.83.